The van der Waals surface area contributed by atoms with E-state index in [4.69, 9.17) is 14.2 Å². The molecule has 2 heterocycles. The number of morpholine rings is 1. The maximum absolute atomic E-state index is 12.7. The van der Waals surface area contributed by atoms with Crippen molar-refractivity contribution in [2.75, 3.05) is 40.5 Å². The molecule has 0 atom stereocenters. The average molecular weight is 441 g/mol. The molecule has 2 aromatic rings. The number of benzene rings is 1. The molecule has 1 amide bonds. The van der Waals surface area contributed by atoms with Gasteiger partial charge in [0.2, 0.25) is 0 Å². The van der Waals surface area contributed by atoms with Crippen molar-refractivity contribution >= 4 is 27.3 Å². The van der Waals surface area contributed by atoms with Crippen LogP contribution in [0.25, 0.3) is 0 Å². The van der Waals surface area contributed by atoms with E-state index in [1.807, 2.05) is 6.92 Å². The second kappa shape index (κ2) is 9.12. The lowest BCUT2D eigenvalue weighted by Gasteiger charge is -2.25. The predicted molar refractivity (Wildman–Crippen MR) is 109 cm³/mol. The van der Waals surface area contributed by atoms with Gasteiger partial charge in [-0.1, -0.05) is 0 Å². The summed E-state index contributed by atoms with van der Waals surface area (Å²) in [6.45, 7) is 3.57. The highest BCUT2D eigenvalue weighted by Crippen LogP contribution is 2.30. The Hall–Kier alpha value is -2.14. The molecule has 1 aromatic heterocycles. The van der Waals surface area contributed by atoms with E-state index in [1.165, 1.54) is 18.5 Å². The quantitative estimate of drug-likeness (QED) is 0.708. The van der Waals surface area contributed by atoms with Gasteiger partial charge in [0.15, 0.2) is 0 Å². The zero-order valence-electron chi connectivity index (χ0n) is 16.6. The summed E-state index contributed by atoms with van der Waals surface area (Å²) in [5.74, 6) is 0.821. The number of rotatable bonds is 7. The highest BCUT2D eigenvalue weighted by atomic mass is 32.2. The van der Waals surface area contributed by atoms with Crippen molar-refractivity contribution in [1.82, 2.24) is 9.62 Å². The van der Waals surface area contributed by atoms with Gasteiger partial charge in [-0.3, -0.25) is 4.79 Å². The van der Waals surface area contributed by atoms with Crippen molar-refractivity contribution in [2.45, 2.75) is 17.7 Å². The number of nitrogens with one attached hydrogen (secondary N) is 1. The Bertz CT molecular complexity index is 955. The molecule has 0 spiro atoms. The maximum atomic E-state index is 12.7. The zero-order valence-corrected chi connectivity index (χ0v) is 18.2. The number of hydrogen-bond acceptors (Lipinski definition) is 7. The molecule has 0 unspecified atom stereocenters. The Labute approximate surface area is 174 Å². The van der Waals surface area contributed by atoms with E-state index < -0.39 is 10.0 Å². The fourth-order valence-electron chi connectivity index (χ4n) is 2.99. The van der Waals surface area contributed by atoms with Crippen LogP contribution in [-0.4, -0.2) is 59.2 Å². The number of carbonyl (C=O) groups is 1. The number of ether oxygens (including phenoxy) is 3. The standard InChI is InChI=1S/C19H24N2O6S2/c1-13-16(25-2)10-14(11-17(13)26-3)19(22)20-12-15-4-5-18(28-15)29(23,24)21-6-8-27-9-7-21/h4-5,10-11H,6-9,12H2,1-3H3,(H,20,22). The van der Waals surface area contributed by atoms with E-state index in [1.54, 1.807) is 24.3 Å². The molecule has 1 N–H and O–H groups in total. The van der Waals surface area contributed by atoms with E-state index in [0.29, 0.717) is 43.4 Å². The van der Waals surface area contributed by atoms with Crippen LogP contribution >= 0.6 is 11.3 Å². The zero-order chi connectivity index (χ0) is 21.0. The van der Waals surface area contributed by atoms with Crippen LogP contribution in [-0.2, 0) is 21.3 Å². The number of nitrogens with zero attached hydrogens (tertiary/aromatic N) is 1. The average Bonchev–Trinajstić information content (AvgIpc) is 3.22. The van der Waals surface area contributed by atoms with Crippen LogP contribution in [0.1, 0.15) is 20.8 Å². The van der Waals surface area contributed by atoms with E-state index in [2.05, 4.69) is 5.32 Å². The summed E-state index contributed by atoms with van der Waals surface area (Å²) in [6, 6.07) is 6.59. The normalized spacial score (nSPS) is 15.1. The van der Waals surface area contributed by atoms with Crippen LogP contribution in [0.2, 0.25) is 0 Å². The predicted octanol–water partition coefficient (Wildman–Crippen LogP) is 2.02. The Morgan fingerprint density at radius 1 is 1.17 bits per heavy atom. The molecular formula is C19H24N2O6S2. The van der Waals surface area contributed by atoms with Crippen molar-refractivity contribution in [2.24, 2.45) is 0 Å². The Morgan fingerprint density at radius 2 is 1.79 bits per heavy atom. The lowest BCUT2D eigenvalue weighted by Crippen LogP contribution is -2.40. The fraction of sp³-hybridized carbons (Fsp3) is 0.421. The molecule has 29 heavy (non-hydrogen) atoms. The van der Waals surface area contributed by atoms with Crippen molar-refractivity contribution in [3.05, 3.63) is 40.3 Å². The minimum atomic E-state index is -3.53. The first-order chi connectivity index (χ1) is 13.9. The third-order valence-electron chi connectivity index (χ3n) is 4.64. The van der Waals surface area contributed by atoms with Gasteiger partial charge < -0.3 is 19.5 Å². The Morgan fingerprint density at radius 3 is 2.38 bits per heavy atom. The van der Waals surface area contributed by atoms with Gasteiger partial charge in [0.05, 0.1) is 34.0 Å². The monoisotopic (exact) mass is 440 g/mol. The SMILES string of the molecule is COc1cc(C(=O)NCc2ccc(S(=O)(=O)N3CCOCC3)s2)cc(OC)c1C. The summed E-state index contributed by atoms with van der Waals surface area (Å²) in [7, 11) is -0.462. The minimum absolute atomic E-state index is 0.223. The van der Waals surface area contributed by atoms with E-state index in [-0.39, 0.29) is 16.7 Å². The molecule has 0 radical (unpaired) electrons. The van der Waals surface area contributed by atoms with Crippen LogP contribution in [0, 0.1) is 6.92 Å². The van der Waals surface area contributed by atoms with Crippen molar-refractivity contribution in [3.8, 4) is 11.5 Å². The van der Waals surface area contributed by atoms with E-state index in [0.717, 1.165) is 21.8 Å². The molecule has 1 aromatic carbocycles. The van der Waals surface area contributed by atoms with Crippen LogP contribution in [0.4, 0.5) is 0 Å². The van der Waals surface area contributed by atoms with Gasteiger partial charge in [-0.2, -0.15) is 4.31 Å². The van der Waals surface area contributed by atoms with Gasteiger partial charge in [-0.15, -0.1) is 11.3 Å². The summed E-state index contributed by atoms with van der Waals surface area (Å²) >= 11 is 1.15. The molecule has 0 saturated carbocycles. The van der Waals surface area contributed by atoms with Gasteiger partial charge in [-0.25, -0.2) is 8.42 Å². The lowest BCUT2D eigenvalue weighted by molar-refractivity contribution is 0.0731. The van der Waals surface area contributed by atoms with Crippen molar-refractivity contribution in [1.29, 1.82) is 0 Å². The Kier molecular flexibility index (Phi) is 6.78. The molecule has 1 fully saturated rings. The first-order valence-electron chi connectivity index (χ1n) is 9.04. The summed E-state index contributed by atoms with van der Waals surface area (Å²) in [4.78, 5) is 13.3. The molecule has 1 aliphatic heterocycles. The number of amides is 1. The first-order valence-corrected chi connectivity index (χ1v) is 11.3. The van der Waals surface area contributed by atoms with Crippen LogP contribution < -0.4 is 14.8 Å². The first kappa shape index (κ1) is 21.6. The van der Waals surface area contributed by atoms with Gasteiger partial charge in [0, 0.05) is 29.1 Å². The molecule has 8 nitrogen and oxygen atoms in total. The number of carbonyl (C=O) groups excluding carboxylic acids is 1. The van der Waals surface area contributed by atoms with E-state index in [9.17, 15) is 13.2 Å². The molecule has 1 saturated heterocycles. The van der Waals surface area contributed by atoms with Gasteiger partial charge >= 0.3 is 0 Å². The summed E-state index contributed by atoms with van der Waals surface area (Å²) in [6.07, 6.45) is 0. The van der Waals surface area contributed by atoms with Crippen molar-refractivity contribution < 1.29 is 27.4 Å². The molecular weight excluding hydrogens is 416 g/mol. The molecule has 0 bridgehead atoms. The lowest BCUT2D eigenvalue weighted by atomic mass is 10.1. The molecule has 3 rings (SSSR count). The summed E-state index contributed by atoms with van der Waals surface area (Å²) < 4.78 is 42.9. The van der Waals surface area contributed by atoms with Crippen molar-refractivity contribution in [3.63, 3.8) is 0 Å². The van der Waals surface area contributed by atoms with Crippen LogP contribution in [0.3, 0.4) is 0 Å². The number of methoxy groups -OCH3 is 2. The third kappa shape index (κ3) is 4.72. The summed E-state index contributed by atoms with van der Waals surface area (Å²) in [5, 5.41) is 2.81. The van der Waals surface area contributed by atoms with Gasteiger partial charge in [0.1, 0.15) is 15.7 Å². The second-order valence-electron chi connectivity index (χ2n) is 6.43. The van der Waals surface area contributed by atoms with Crippen LogP contribution in [0.5, 0.6) is 11.5 Å². The molecule has 158 valence electrons. The maximum Gasteiger partial charge on any atom is 0.252 e. The molecule has 10 heteroatoms. The Balaban J connectivity index is 1.69. The topological polar surface area (TPSA) is 94.2 Å². The van der Waals surface area contributed by atoms with Crippen LogP contribution in [0.15, 0.2) is 28.5 Å². The van der Waals surface area contributed by atoms with Gasteiger partial charge in [0.25, 0.3) is 15.9 Å². The molecule has 1 aliphatic rings. The number of thiophene rings is 1. The third-order valence-corrected chi connectivity index (χ3v) is 8.09. The second-order valence-corrected chi connectivity index (χ2v) is 9.76. The van der Waals surface area contributed by atoms with E-state index >= 15 is 0 Å². The minimum Gasteiger partial charge on any atom is -0.496 e. The van der Waals surface area contributed by atoms with Gasteiger partial charge in [-0.05, 0) is 31.2 Å². The number of hydrogen-bond donors (Lipinski definition) is 1. The summed E-state index contributed by atoms with van der Waals surface area (Å²) in [5.41, 5.74) is 1.21. The highest BCUT2D eigenvalue weighted by molar-refractivity contribution is 7.91. The smallest absolute Gasteiger partial charge is 0.252 e. The largest absolute Gasteiger partial charge is 0.496 e. The number of sulfonamides is 1. The fourth-order valence-corrected chi connectivity index (χ4v) is 5.85. The molecule has 0 aliphatic carbocycles. The highest BCUT2D eigenvalue weighted by Gasteiger charge is 2.27.